The van der Waals surface area contributed by atoms with Gasteiger partial charge in [0.05, 0.1) is 13.7 Å². The van der Waals surface area contributed by atoms with Crippen LogP contribution in [0.15, 0.2) is 57.8 Å². The van der Waals surface area contributed by atoms with E-state index in [4.69, 9.17) is 52.1 Å². The Morgan fingerprint density at radius 2 is 1.40 bits per heavy atom. The molecule has 3 N–H and O–H groups in total. The molecule has 0 spiro atoms. The fourth-order valence-electron chi connectivity index (χ4n) is 5.55. The molecular formula is C37H36Cl2N4O10. The van der Waals surface area contributed by atoms with Crippen molar-refractivity contribution in [3.05, 3.63) is 96.7 Å². The number of rotatable bonds is 17. The van der Waals surface area contributed by atoms with E-state index in [9.17, 15) is 19.2 Å². The minimum Gasteiger partial charge on any atom is -0.481 e. The highest BCUT2D eigenvalue weighted by Gasteiger charge is 2.20. The Morgan fingerprint density at radius 1 is 0.830 bits per heavy atom. The van der Waals surface area contributed by atoms with Crippen LogP contribution >= 0.6 is 23.2 Å². The highest BCUT2D eigenvalue weighted by Crippen LogP contribution is 2.34. The highest BCUT2D eigenvalue weighted by atomic mass is 35.5. The molecule has 3 heterocycles. The van der Waals surface area contributed by atoms with Gasteiger partial charge in [-0.3, -0.25) is 19.2 Å². The van der Waals surface area contributed by atoms with Gasteiger partial charge in [-0.05, 0) is 72.2 Å². The maximum atomic E-state index is 12.7. The van der Waals surface area contributed by atoms with Crippen LogP contribution in [-0.4, -0.2) is 56.4 Å². The topological polar surface area (TPSA) is 192 Å². The monoisotopic (exact) mass is 766 g/mol. The van der Waals surface area contributed by atoms with Crippen molar-refractivity contribution in [2.24, 2.45) is 0 Å². The van der Waals surface area contributed by atoms with Gasteiger partial charge in [0.15, 0.2) is 0 Å². The van der Waals surface area contributed by atoms with Gasteiger partial charge in [0.25, 0.3) is 17.2 Å². The van der Waals surface area contributed by atoms with Crippen molar-refractivity contribution >= 4 is 52.1 Å². The number of aliphatic carboxylic acids is 2. The Bertz CT molecular complexity index is 2230. The van der Waals surface area contributed by atoms with E-state index in [-0.39, 0.29) is 96.3 Å². The summed E-state index contributed by atoms with van der Waals surface area (Å²) in [4.78, 5) is 55.6. The third-order valence-electron chi connectivity index (χ3n) is 8.43. The second-order valence-corrected chi connectivity index (χ2v) is 12.8. The van der Waals surface area contributed by atoms with Crippen molar-refractivity contribution in [2.75, 3.05) is 13.7 Å². The van der Waals surface area contributed by atoms with Crippen LogP contribution in [0.2, 0.25) is 10.0 Å². The van der Waals surface area contributed by atoms with Crippen molar-refractivity contribution in [1.29, 1.82) is 0 Å². The van der Waals surface area contributed by atoms with E-state index >= 15 is 0 Å². The standard InChI is InChI=1S/C37H36Cl2N4O10/c1-20-22(18-51-35-28(38)16-26(33(41-35)50-3)32(48)40-14-6-12-30(44)45)8-4-10-24(20)25-11-5-9-23(21(25)2)19-52-36-29(39)17-27-34(42-36)53-43(37(27)49)15-7-13-31(46)47/h4-5,8-11,16-17H,6-7,12-15,18-19H2,1-3H3,(H,40,48)(H,44,45)(H,46,47). The first-order valence-corrected chi connectivity index (χ1v) is 17.2. The number of methoxy groups -OCH3 is 1. The molecular weight excluding hydrogens is 731 g/mol. The largest absolute Gasteiger partial charge is 0.481 e. The normalized spacial score (nSPS) is 11.0. The Balaban J connectivity index is 1.29. The zero-order valence-corrected chi connectivity index (χ0v) is 30.5. The molecule has 0 radical (unpaired) electrons. The third kappa shape index (κ3) is 9.26. The van der Waals surface area contributed by atoms with Crippen molar-refractivity contribution in [3.8, 4) is 28.8 Å². The fraction of sp³-hybridized carbons (Fsp3) is 0.297. The summed E-state index contributed by atoms with van der Waals surface area (Å²) >= 11 is 12.9. The molecule has 0 aliphatic rings. The molecule has 2 aromatic carbocycles. The number of carboxylic acid groups (broad SMARTS) is 2. The molecule has 14 nitrogen and oxygen atoms in total. The SMILES string of the molecule is COc1nc(OCc2cccc(-c3cccc(COc4nc5on(CCCC(=O)O)c(=O)c5cc4Cl)c3C)c2C)c(Cl)cc1C(=O)NCCCC(=O)O. The number of carbonyl (C=O) groups is 3. The third-order valence-corrected chi connectivity index (χ3v) is 8.97. The summed E-state index contributed by atoms with van der Waals surface area (Å²) in [5.41, 5.74) is 5.21. The summed E-state index contributed by atoms with van der Waals surface area (Å²) in [6.07, 6.45) is 0.299. The van der Waals surface area contributed by atoms with Gasteiger partial charge in [-0.25, -0.2) is 0 Å². The number of nitrogens with one attached hydrogen (secondary N) is 1. The molecule has 0 saturated heterocycles. The summed E-state index contributed by atoms with van der Waals surface area (Å²) in [5.74, 6) is -2.26. The van der Waals surface area contributed by atoms with Gasteiger partial charge in [0.2, 0.25) is 17.6 Å². The number of halogens is 2. The molecule has 53 heavy (non-hydrogen) atoms. The number of amides is 1. The average Bonchev–Trinajstić information content (AvgIpc) is 3.42. The Kier molecular flexibility index (Phi) is 12.6. The molecule has 0 atom stereocenters. The van der Waals surface area contributed by atoms with Crippen molar-refractivity contribution < 1.29 is 43.3 Å². The lowest BCUT2D eigenvalue weighted by atomic mass is 9.92. The molecule has 0 aliphatic heterocycles. The van der Waals surface area contributed by atoms with Gasteiger partial charge in [-0.15, -0.1) is 0 Å². The summed E-state index contributed by atoms with van der Waals surface area (Å²) in [5, 5.41) is 20.7. The van der Waals surface area contributed by atoms with Crippen LogP contribution in [0.25, 0.3) is 22.2 Å². The number of pyridine rings is 2. The zero-order chi connectivity index (χ0) is 38.2. The number of nitrogens with zero attached hydrogens (tertiary/aromatic N) is 3. The van der Waals surface area contributed by atoms with Crippen LogP contribution in [0, 0.1) is 13.8 Å². The maximum absolute atomic E-state index is 12.7. The molecule has 0 aliphatic carbocycles. The fourth-order valence-corrected chi connectivity index (χ4v) is 5.96. The Morgan fingerprint density at radius 3 is 1.98 bits per heavy atom. The number of aromatic nitrogens is 3. The van der Waals surface area contributed by atoms with Crippen molar-refractivity contribution in [3.63, 3.8) is 0 Å². The summed E-state index contributed by atoms with van der Waals surface area (Å²) in [6.45, 7) is 4.43. The van der Waals surface area contributed by atoms with E-state index < -0.39 is 23.4 Å². The minimum absolute atomic E-state index is 0.00705. The maximum Gasteiger partial charge on any atom is 0.303 e. The molecule has 278 valence electrons. The van der Waals surface area contributed by atoms with Gasteiger partial charge in [0.1, 0.15) is 34.2 Å². The van der Waals surface area contributed by atoms with Gasteiger partial charge in [-0.2, -0.15) is 14.7 Å². The van der Waals surface area contributed by atoms with Crippen LogP contribution in [0.4, 0.5) is 0 Å². The Labute approximate surface area is 313 Å². The van der Waals surface area contributed by atoms with Crippen molar-refractivity contribution in [2.45, 2.75) is 59.3 Å². The number of ether oxygens (including phenoxy) is 3. The van der Waals surface area contributed by atoms with Crippen LogP contribution in [0.3, 0.4) is 0 Å². The number of benzene rings is 2. The zero-order valence-electron chi connectivity index (χ0n) is 29.0. The van der Waals surface area contributed by atoms with Gasteiger partial charge in [-0.1, -0.05) is 59.6 Å². The van der Waals surface area contributed by atoms with E-state index in [1.807, 2.05) is 50.2 Å². The van der Waals surface area contributed by atoms with Crippen LogP contribution in [0.1, 0.15) is 58.3 Å². The first kappa shape index (κ1) is 38.6. The lowest BCUT2D eigenvalue weighted by Crippen LogP contribution is -2.25. The predicted octanol–water partition coefficient (Wildman–Crippen LogP) is 6.60. The van der Waals surface area contributed by atoms with Gasteiger partial charge in [0, 0.05) is 19.4 Å². The molecule has 16 heteroatoms. The lowest BCUT2D eigenvalue weighted by molar-refractivity contribution is -0.138. The number of hydrogen-bond acceptors (Lipinski definition) is 10. The van der Waals surface area contributed by atoms with E-state index in [1.54, 1.807) is 0 Å². The molecule has 0 fully saturated rings. The molecule has 1 amide bonds. The molecule has 3 aromatic heterocycles. The molecule has 0 unspecified atom stereocenters. The molecule has 5 rings (SSSR count). The van der Waals surface area contributed by atoms with Crippen LogP contribution in [-0.2, 0) is 29.3 Å². The molecule has 5 aromatic rings. The predicted molar refractivity (Wildman–Crippen MR) is 195 cm³/mol. The van der Waals surface area contributed by atoms with Gasteiger partial charge < -0.3 is 34.3 Å². The summed E-state index contributed by atoms with van der Waals surface area (Å²) in [6, 6.07) is 14.5. The lowest BCUT2D eigenvalue weighted by Gasteiger charge is -2.17. The van der Waals surface area contributed by atoms with E-state index in [1.165, 1.54) is 19.2 Å². The molecule has 0 saturated carbocycles. The number of carbonyl (C=O) groups excluding carboxylic acids is 1. The van der Waals surface area contributed by atoms with E-state index in [0.717, 1.165) is 38.1 Å². The minimum atomic E-state index is -0.969. The average molecular weight is 768 g/mol. The number of carboxylic acids is 2. The second kappa shape index (κ2) is 17.3. The Hall–Kier alpha value is -5.60. The number of aryl methyl sites for hydroxylation is 1. The molecule has 0 bridgehead atoms. The van der Waals surface area contributed by atoms with E-state index in [0.29, 0.717) is 0 Å². The van der Waals surface area contributed by atoms with Gasteiger partial charge >= 0.3 is 11.9 Å². The smallest absolute Gasteiger partial charge is 0.303 e. The number of hydrogen-bond donors (Lipinski definition) is 3. The van der Waals surface area contributed by atoms with E-state index in [2.05, 4.69) is 15.3 Å². The first-order chi connectivity index (χ1) is 25.4. The highest BCUT2D eigenvalue weighted by molar-refractivity contribution is 6.32. The quantitative estimate of drug-likeness (QED) is 0.0860. The summed E-state index contributed by atoms with van der Waals surface area (Å²) in [7, 11) is 1.37. The van der Waals surface area contributed by atoms with Crippen LogP contribution in [0.5, 0.6) is 17.6 Å². The van der Waals surface area contributed by atoms with Crippen LogP contribution < -0.4 is 25.1 Å². The van der Waals surface area contributed by atoms with Crippen molar-refractivity contribution in [1.82, 2.24) is 20.0 Å². The summed E-state index contributed by atoms with van der Waals surface area (Å²) < 4.78 is 24.0. The first-order valence-electron chi connectivity index (χ1n) is 16.5. The second-order valence-electron chi connectivity index (χ2n) is 12.0. The number of fused-ring (bicyclic) bond motifs is 1.